The van der Waals surface area contributed by atoms with Gasteiger partial charge in [-0.05, 0) is 80.9 Å². The minimum atomic E-state index is -0.207. The van der Waals surface area contributed by atoms with E-state index in [1.54, 1.807) is 20.3 Å². The van der Waals surface area contributed by atoms with Gasteiger partial charge in [-0.25, -0.2) is 4.98 Å². The van der Waals surface area contributed by atoms with Gasteiger partial charge in [0.05, 0.1) is 38.9 Å². The molecule has 0 spiro atoms. The van der Waals surface area contributed by atoms with E-state index in [9.17, 15) is 9.90 Å². The first kappa shape index (κ1) is 36.1. The normalized spacial score (nSPS) is 14.4. The van der Waals surface area contributed by atoms with Gasteiger partial charge in [-0.15, -0.1) is 0 Å². The molecule has 2 N–H and O–H groups in total. The number of halogens is 1. The zero-order valence-electron chi connectivity index (χ0n) is 29.7. The summed E-state index contributed by atoms with van der Waals surface area (Å²) in [5.74, 6) is 3.46. The molecule has 1 atom stereocenters. The Balaban J connectivity index is 1.14. The highest BCUT2D eigenvalue weighted by Gasteiger charge is 2.25. The van der Waals surface area contributed by atoms with Crippen LogP contribution >= 0.6 is 11.6 Å². The molecule has 1 unspecified atom stereocenters. The Hall–Kier alpha value is -4.71. The molecule has 1 amide bonds. The number of furan rings is 1. The van der Waals surface area contributed by atoms with Gasteiger partial charge >= 0.3 is 0 Å². The number of aliphatic hydroxyl groups is 1. The molecule has 0 bridgehead atoms. The molecule has 1 fully saturated rings. The Morgan fingerprint density at radius 3 is 2.45 bits per heavy atom. The lowest BCUT2D eigenvalue weighted by Gasteiger charge is -2.25. The Kier molecular flexibility index (Phi) is 11.7. The van der Waals surface area contributed by atoms with Gasteiger partial charge in [0, 0.05) is 48.2 Å². The van der Waals surface area contributed by atoms with Crippen LogP contribution in [-0.4, -0.2) is 86.1 Å². The van der Waals surface area contributed by atoms with Crippen LogP contribution in [0, 0.1) is 6.92 Å². The number of carbonyl (C=O) groups excluding carboxylic acids is 1. The number of amides is 1. The van der Waals surface area contributed by atoms with Gasteiger partial charge in [0.2, 0.25) is 11.7 Å². The molecular weight excluding hydrogens is 670 g/mol. The molecule has 1 aliphatic heterocycles. The Labute approximate surface area is 303 Å². The molecule has 0 radical (unpaired) electrons. The van der Waals surface area contributed by atoms with Crippen LogP contribution < -0.4 is 24.4 Å². The number of nitrogens with zero attached hydrogens (tertiary/aromatic N) is 4. The molecule has 11 nitrogen and oxygen atoms in total. The first-order valence-electron chi connectivity index (χ1n) is 17.3. The highest BCUT2D eigenvalue weighted by molar-refractivity contribution is 6.30. The standard InChI is InChI=1S/C39H46ClN5O6/c1-26-32(22-35(48-2)37(50-4)36(26)49-3)38(47)41-23-28(27-10-12-29(40)13-11-27)16-19-43-17-7-18-44(21-20-43)39-42-33-8-5-6-9-34(33)45(39)24-30-14-15-31(25-46)51-30/h5-6,8-15,22,28,46H,7,16-21,23-25H2,1-4H3,(H,41,47). The third-order valence-electron chi connectivity index (χ3n) is 9.66. The maximum atomic E-state index is 13.6. The zero-order valence-corrected chi connectivity index (χ0v) is 30.4. The SMILES string of the molecule is COc1cc(C(=O)NCC(CCN2CCCN(c3nc4ccccc4n3Cc3ccc(CO)o3)CC2)c2ccc(Cl)cc2)c(C)c(OC)c1OC. The summed E-state index contributed by atoms with van der Waals surface area (Å²) in [5.41, 5.74) is 4.26. The summed E-state index contributed by atoms with van der Waals surface area (Å²) in [7, 11) is 4.64. The predicted molar refractivity (Wildman–Crippen MR) is 199 cm³/mol. The van der Waals surface area contributed by atoms with Crippen molar-refractivity contribution in [2.75, 3.05) is 65.5 Å². The minimum Gasteiger partial charge on any atom is -0.493 e. The highest BCUT2D eigenvalue weighted by atomic mass is 35.5. The van der Waals surface area contributed by atoms with E-state index in [1.165, 1.54) is 7.11 Å². The summed E-state index contributed by atoms with van der Waals surface area (Å²) < 4.78 is 24.7. The highest BCUT2D eigenvalue weighted by Crippen LogP contribution is 2.41. The summed E-state index contributed by atoms with van der Waals surface area (Å²) in [6, 6.07) is 21.5. The van der Waals surface area contributed by atoms with E-state index in [-0.39, 0.29) is 18.4 Å². The number of benzene rings is 3. The second-order valence-electron chi connectivity index (χ2n) is 12.8. The fraction of sp³-hybridized carbons (Fsp3) is 0.385. The average Bonchev–Trinajstić information content (AvgIpc) is 3.68. The van der Waals surface area contributed by atoms with E-state index in [4.69, 9.17) is 35.2 Å². The fourth-order valence-electron chi connectivity index (χ4n) is 6.91. The van der Waals surface area contributed by atoms with E-state index in [0.717, 1.165) is 73.9 Å². The van der Waals surface area contributed by atoms with Gasteiger partial charge in [-0.2, -0.15) is 0 Å². The van der Waals surface area contributed by atoms with Crippen molar-refractivity contribution in [2.24, 2.45) is 0 Å². The maximum Gasteiger partial charge on any atom is 0.251 e. The summed E-state index contributed by atoms with van der Waals surface area (Å²) in [4.78, 5) is 23.5. The molecule has 12 heteroatoms. The van der Waals surface area contributed by atoms with Gasteiger partial charge < -0.3 is 43.4 Å². The largest absolute Gasteiger partial charge is 0.493 e. The maximum absolute atomic E-state index is 13.6. The van der Waals surface area contributed by atoms with Crippen molar-refractivity contribution in [2.45, 2.75) is 38.8 Å². The minimum absolute atomic E-state index is 0.0641. The Morgan fingerprint density at radius 1 is 0.961 bits per heavy atom. The lowest BCUT2D eigenvalue weighted by atomic mass is 9.95. The van der Waals surface area contributed by atoms with Gasteiger partial charge in [0.15, 0.2) is 11.5 Å². The van der Waals surface area contributed by atoms with Crippen molar-refractivity contribution < 1.29 is 28.5 Å². The second kappa shape index (κ2) is 16.5. The third-order valence-corrected chi connectivity index (χ3v) is 9.91. The molecule has 3 heterocycles. The number of imidazole rings is 1. The van der Waals surface area contributed by atoms with Crippen LogP contribution in [0.5, 0.6) is 17.2 Å². The quantitative estimate of drug-likeness (QED) is 0.137. The molecule has 0 aliphatic carbocycles. The number of rotatable bonds is 14. The molecule has 3 aromatic carbocycles. The summed E-state index contributed by atoms with van der Waals surface area (Å²) in [6.07, 6.45) is 1.84. The van der Waals surface area contributed by atoms with Crippen LogP contribution in [-0.2, 0) is 13.2 Å². The number of nitrogens with one attached hydrogen (secondary N) is 1. The van der Waals surface area contributed by atoms with E-state index in [1.807, 2.05) is 61.5 Å². The number of fused-ring (bicyclic) bond motifs is 1. The van der Waals surface area contributed by atoms with Crippen molar-refractivity contribution in [1.82, 2.24) is 19.8 Å². The third kappa shape index (κ3) is 8.11. The van der Waals surface area contributed by atoms with Gasteiger partial charge in [-0.3, -0.25) is 4.79 Å². The van der Waals surface area contributed by atoms with Gasteiger partial charge in [0.25, 0.3) is 5.91 Å². The van der Waals surface area contributed by atoms with Crippen molar-refractivity contribution >= 4 is 34.5 Å². The van der Waals surface area contributed by atoms with Crippen molar-refractivity contribution in [3.8, 4) is 17.2 Å². The number of aliphatic hydroxyl groups excluding tert-OH is 1. The van der Waals surface area contributed by atoms with Gasteiger partial charge in [0.1, 0.15) is 18.1 Å². The van der Waals surface area contributed by atoms with Gasteiger partial charge in [-0.1, -0.05) is 35.9 Å². The Morgan fingerprint density at radius 2 is 1.73 bits per heavy atom. The van der Waals surface area contributed by atoms with E-state index < -0.39 is 0 Å². The second-order valence-corrected chi connectivity index (χ2v) is 13.2. The van der Waals surface area contributed by atoms with E-state index in [2.05, 4.69) is 25.8 Å². The van der Waals surface area contributed by atoms with Crippen LogP contribution in [0.1, 0.15) is 51.8 Å². The summed E-state index contributed by atoms with van der Waals surface area (Å²) >= 11 is 6.26. The number of methoxy groups -OCH3 is 3. The lowest BCUT2D eigenvalue weighted by Crippen LogP contribution is -2.34. The van der Waals surface area contributed by atoms with E-state index >= 15 is 0 Å². The monoisotopic (exact) mass is 715 g/mol. The van der Waals surface area contributed by atoms with Crippen LogP contribution in [0.4, 0.5) is 5.95 Å². The first-order valence-corrected chi connectivity index (χ1v) is 17.7. The summed E-state index contributed by atoms with van der Waals surface area (Å²) in [6.45, 7) is 7.10. The van der Waals surface area contributed by atoms with E-state index in [0.29, 0.717) is 52.2 Å². The average molecular weight is 716 g/mol. The zero-order chi connectivity index (χ0) is 35.9. The molecule has 0 saturated carbocycles. The van der Waals surface area contributed by atoms with Crippen LogP contribution in [0.25, 0.3) is 11.0 Å². The number of hydrogen-bond donors (Lipinski definition) is 2. The first-order chi connectivity index (χ1) is 24.8. The fourth-order valence-corrected chi connectivity index (χ4v) is 7.04. The number of hydrogen-bond acceptors (Lipinski definition) is 9. The number of carbonyl (C=O) groups is 1. The number of para-hydroxylation sites is 2. The molecule has 2 aromatic heterocycles. The molecule has 1 aliphatic rings. The molecule has 270 valence electrons. The molecule has 51 heavy (non-hydrogen) atoms. The number of ether oxygens (including phenoxy) is 3. The lowest BCUT2D eigenvalue weighted by molar-refractivity contribution is 0.0948. The topological polar surface area (TPSA) is 114 Å². The number of aromatic nitrogens is 2. The molecule has 5 aromatic rings. The molecular formula is C39H46ClN5O6. The Bertz CT molecular complexity index is 1940. The van der Waals surface area contributed by atoms with Crippen molar-refractivity contribution in [3.05, 3.63) is 100.0 Å². The molecule has 6 rings (SSSR count). The summed E-state index contributed by atoms with van der Waals surface area (Å²) in [5, 5.41) is 13.4. The number of anilines is 1. The molecule has 1 saturated heterocycles. The van der Waals surface area contributed by atoms with Crippen molar-refractivity contribution in [3.63, 3.8) is 0 Å². The van der Waals surface area contributed by atoms with Crippen molar-refractivity contribution in [1.29, 1.82) is 0 Å². The van der Waals surface area contributed by atoms with Crippen LogP contribution in [0.3, 0.4) is 0 Å². The smallest absolute Gasteiger partial charge is 0.251 e. The van der Waals surface area contributed by atoms with Crippen LogP contribution in [0.2, 0.25) is 5.02 Å². The predicted octanol–water partition coefficient (Wildman–Crippen LogP) is 6.27. The van der Waals surface area contributed by atoms with Crippen LogP contribution in [0.15, 0.2) is 71.1 Å².